The number of benzene rings is 1. The lowest BCUT2D eigenvalue weighted by molar-refractivity contribution is -0.263. The maximum absolute atomic E-state index is 13.2. The van der Waals surface area contributed by atoms with E-state index in [2.05, 4.69) is 5.32 Å². The van der Waals surface area contributed by atoms with Gasteiger partial charge in [0, 0.05) is 0 Å². The van der Waals surface area contributed by atoms with Crippen molar-refractivity contribution < 1.29 is 23.1 Å². The van der Waals surface area contributed by atoms with Gasteiger partial charge in [0.25, 0.3) is 5.91 Å². The molecule has 0 fully saturated rings. The van der Waals surface area contributed by atoms with Gasteiger partial charge in [-0.05, 0) is 17.0 Å². The van der Waals surface area contributed by atoms with Gasteiger partial charge in [-0.3, -0.25) is 4.79 Å². The molecule has 3 nitrogen and oxygen atoms in total. The van der Waals surface area contributed by atoms with E-state index in [1.165, 1.54) is 30.3 Å². The third kappa shape index (κ3) is 3.25. The van der Waals surface area contributed by atoms with Gasteiger partial charge in [-0.2, -0.15) is 13.2 Å². The standard InChI is InChI=1S/C14H12F3NO2S/c15-14(16,17)13(20,10-5-2-1-3-6-10)9-18-12(19)11-7-4-8-21-11/h1-8,20H,9H2,(H,18,19)/t13-/m0/s1. The molecule has 1 aromatic carbocycles. The van der Waals surface area contributed by atoms with Crippen molar-refractivity contribution in [3.8, 4) is 0 Å². The van der Waals surface area contributed by atoms with Gasteiger partial charge in [0.15, 0.2) is 0 Å². The summed E-state index contributed by atoms with van der Waals surface area (Å²) in [5.74, 6) is -0.649. The zero-order valence-electron chi connectivity index (χ0n) is 10.7. The number of alkyl halides is 3. The number of carbonyl (C=O) groups excluding carboxylic acids is 1. The number of halogens is 3. The summed E-state index contributed by atoms with van der Waals surface area (Å²) in [7, 11) is 0. The highest BCUT2D eigenvalue weighted by Gasteiger charge is 2.55. The molecular weight excluding hydrogens is 303 g/mol. The van der Waals surface area contributed by atoms with Gasteiger partial charge in [-0.25, -0.2) is 0 Å². The summed E-state index contributed by atoms with van der Waals surface area (Å²) < 4.78 is 39.6. The average molecular weight is 315 g/mol. The second-order valence-electron chi connectivity index (χ2n) is 4.38. The van der Waals surface area contributed by atoms with Crippen LogP contribution in [0.2, 0.25) is 0 Å². The monoisotopic (exact) mass is 315 g/mol. The number of nitrogens with one attached hydrogen (secondary N) is 1. The van der Waals surface area contributed by atoms with E-state index >= 15 is 0 Å². The Hall–Kier alpha value is -1.86. The molecule has 2 rings (SSSR count). The van der Waals surface area contributed by atoms with Crippen molar-refractivity contribution in [2.45, 2.75) is 11.8 Å². The molecule has 0 saturated carbocycles. The molecule has 1 amide bonds. The maximum atomic E-state index is 13.2. The molecule has 1 atom stereocenters. The van der Waals surface area contributed by atoms with Gasteiger partial charge < -0.3 is 10.4 Å². The summed E-state index contributed by atoms with van der Waals surface area (Å²) in [5.41, 5.74) is -3.44. The summed E-state index contributed by atoms with van der Waals surface area (Å²) in [6.45, 7) is -0.947. The molecule has 21 heavy (non-hydrogen) atoms. The number of hydrogen-bond acceptors (Lipinski definition) is 3. The van der Waals surface area contributed by atoms with Crippen molar-refractivity contribution in [1.82, 2.24) is 5.32 Å². The van der Waals surface area contributed by atoms with Crippen molar-refractivity contribution in [3.05, 3.63) is 58.3 Å². The van der Waals surface area contributed by atoms with Crippen LogP contribution < -0.4 is 5.32 Å². The molecule has 2 N–H and O–H groups in total. The van der Waals surface area contributed by atoms with Crippen LogP contribution in [0.25, 0.3) is 0 Å². The molecule has 0 aliphatic carbocycles. The van der Waals surface area contributed by atoms with Gasteiger partial charge >= 0.3 is 6.18 Å². The Morgan fingerprint density at radius 1 is 1.14 bits per heavy atom. The third-order valence-electron chi connectivity index (χ3n) is 2.97. The molecular formula is C14H12F3NO2S. The first-order valence-electron chi connectivity index (χ1n) is 6.01. The highest BCUT2D eigenvalue weighted by molar-refractivity contribution is 7.12. The van der Waals surface area contributed by atoms with Crippen LogP contribution in [0, 0.1) is 0 Å². The number of hydrogen-bond donors (Lipinski definition) is 2. The second-order valence-corrected chi connectivity index (χ2v) is 5.33. The van der Waals surface area contributed by atoms with Crippen LogP contribution >= 0.6 is 11.3 Å². The zero-order chi connectivity index (χ0) is 15.5. The minimum Gasteiger partial charge on any atom is -0.375 e. The summed E-state index contributed by atoms with van der Waals surface area (Å²) in [4.78, 5) is 12.0. The van der Waals surface area contributed by atoms with E-state index in [-0.39, 0.29) is 10.4 Å². The van der Waals surface area contributed by atoms with Crippen molar-refractivity contribution in [2.75, 3.05) is 6.54 Å². The van der Waals surface area contributed by atoms with Crippen LogP contribution in [0.15, 0.2) is 47.8 Å². The van der Waals surface area contributed by atoms with E-state index in [1.807, 2.05) is 0 Å². The van der Waals surface area contributed by atoms with Crippen LogP contribution in [-0.4, -0.2) is 23.7 Å². The van der Waals surface area contributed by atoms with E-state index in [9.17, 15) is 23.1 Å². The van der Waals surface area contributed by atoms with E-state index in [0.717, 1.165) is 11.3 Å². The quantitative estimate of drug-likeness (QED) is 0.911. The molecule has 112 valence electrons. The van der Waals surface area contributed by atoms with E-state index < -0.39 is 24.2 Å². The van der Waals surface area contributed by atoms with E-state index in [0.29, 0.717) is 0 Å². The van der Waals surface area contributed by atoms with Crippen molar-refractivity contribution in [3.63, 3.8) is 0 Å². The largest absolute Gasteiger partial charge is 0.423 e. The van der Waals surface area contributed by atoms with Crippen molar-refractivity contribution in [1.29, 1.82) is 0 Å². The highest BCUT2D eigenvalue weighted by atomic mass is 32.1. The first-order valence-corrected chi connectivity index (χ1v) is 6.89. The van der Waals surface area contributed by atoms with Gasteiger partial charge in [0.05, 0.1) is 11.4 Å². The Labute approximate surface area is 123 Å². The average Bonchev–Trinajstić information content (AvgIpc) is 2.98. The summed E-state index contributed by atoms with van der Waals surface area (Å²) in [5, 5.41) is 13.8. The lowest BCUT2D eigenvalue weighted by Gasteiger charge is -2.31. The van der Waals surface area contributed by atoms with Gasteiger partial charge in [0.1, 0.15) is 0 Å². The maximum Gasteiger partial charge on any atom is 0.423 e. The third-order valence-corrected chi connectivity index (χ3v) is 3.84. The van der Waals surface area contributed by atoms with E-state index in [4.69, 9.17) is 0 Å². The molecule has 0 spiro atoms. The smallest absolute Gasteiger partial charge is 0.375 e. The Balaban J connectivity index is 2.20. The fourth-order valence-electron chi connectivity index (χ4n) is 1.78. The predicted molar refractivity (Wildman–Crippen MR) is 73.0 cm³/mol. The highest BCUT2D eigenvalue weighted by Crippen LogP contribution is 2.38. The topological polar surface area (TPSA) is 49.3 Å². The molecule has 0 saturated heterocycles. The number of rotatable bonds is 4. The summed E-state index contributed by atoms with van der Waals surface area (Å²) in [6, 6.07) is 9.79. The predicted octanol–water partition coefficient (Wildman–Crippen LogP) is 2.93. The SMILES string of the molecule is O=C(NC[C@](O)(c1ccccc1)C(F)(F)F)c1cccs1. The van der Waals surface area contributed by atoms with Crippen molar-refractivity contribution in [2.24, 2.45) is 0 Å². The molecule has 2 aromatic rings. The molecule has 0 unspecified atom stereocenters. The molecule has 0 radical (unpaired) electrons. The number of amides is 1. The Morgan fingerprint density at radius 2 is 1.81 bits per heavy atom. The number of carbonyl (C=O) groups is 1. The lowest BCUT2D eigenvalue weighted by atomic mass is 9.93. The molecule has 0 bridgehead atoms. The first kappa shape index (κ1) is 15.5. The van der Waals surface area contributed by atoms with Crippen LogP contribution in [-0.2, 0) is 5.60 Å². The summed E-state index contributed by atoms with van der Waals surface area (Å²) in [6.07, 6.45) is -4.91. The Morgan fingerprint density at radius 3 is 2.33 bits per heavy atom. The van der Waals surface area contributed by atoms with Crippen LogP contribution in [0.1, 0.15) is 15.2 Å². The molecule has 0 aliphatic heterocycles. The molecule has 1 aromatic heterocycles. The number of aliphatic hydroxyl groups is 1. The second kappa shape index (κ2) is 5.87. The molecule has 7 heteroatoms. The first-order chi connectivity index (χ1) is 9.84. The minimum atomic E-state index is -4.91. The van der Waals surface area contributed by atoms with Gasteiger partial charge in [-0.1, -0.05) is 36.4 Å². The van der Waals surface area contributed by atoms with Crippen molar-refractivity contribution >= 4 is 17.2 Å². The lowest BCUT2D eigenvalue weighted by Crippen LogP contribution is -2.51. The minimum absolute atomic E-state index is 0.285. The normalized spacial score (nSPS) is 14.5. The van der Waals surface area contributed by atoms with Gasteiger partial charge in [-0.15, -0.1) is 11.3 Å². The molecule has 1 heterocycles. The Bertz CT molecular complexity index is 598. The fourth-order valence-corrected chi connectivity index (χ4v) is 2.42. The fraction of sp³-hybridized carbons (Fsp3) is 0.214. The van der Waals surface area contributed by atoms with E-state index in [1.54, 1.807) is 17.5 Å². The van der Waals surface area contributed by atoms with Gasteiger partial charge in [0.2, 0.25) is 5.60 Å². The zero-order valence-corrected chi connectivity index (χ0v) is 11.5. The van der Waals surface area contributed by atoms with Crippen LogP contribution in [0.4, 0.5) is 13.2 Å². The molecule has 0 aliphatic rings. The summed E-state index contributed by atoms with van der Waals surface area (Å²) >= 11 is 1.11. The van der Waals surface area contributed by atoms with Crippen LogP contribution in [0.5, 0.6) is 0 Å². The van der Waals surface area contributed by atoms with Crippen LogP contribution in [0.3, 0.4) is 0 Å². The number of thiophene rings is 1. The Kier molecular flexibility index (Phi) is 4.34.